The SMILES string of the molecule is c1ccc(C2CCCN2c2nc3ccc(-c4ccncc4)cc3s2)cc1. The first kappa shape index (κ1) is 15.5. The normalized spacial score (nSPS) is 17.1. The fourth-order valence-corrected chi connectivity index (χ4v) is 4.86. The predicted octanol–water partition coefficient (Wildman–Crippen LogP) is 5.70. The van der Waals surface area contributed by atoms with Gasteiger partial charge in [0.1, 0.15) is 0 Å². The molecule has 2 aromatic carbocycles. The summed E-state index contributed by atoms with van der Waals surface area (Å²) in [6.45, 7) is 1.08. The number of anilines is 1. The maximum absolute atomic E-state index is 4.94. The van der Waals surface area contributed by atoms with Gasteiger partial charge in [-0.3, -0.25) is 4.98 Å². The molecule has 2 aromatic heterocycles. The number of aromatic nitrogens is 2. The van der Waals surface area contributed by atoms with Crippen molar-refractivity contribution in [1.82, 2.24) is 9.97 Å². The van der Waals surface area contributed by atoms with Crippen molar-refractivity contribution < 1.29 is 0 Å². The third-order valence-corrected chi connectivity index (χ3v) is 6.13. The van der Waals surface area contributed by atoms with Crippen molar-refractivity contribution in [3.63, 3.8) is 0 Å². The van der Waals surface area contributed by atoms with E-state index in [1.807, 2.05) is 12.4 Å². The van der Waals surface area contributed by atoms with Gasteiger partial charge in [-0.2, -0.15) is 0 Å². The molecular formula is C22H19N3S. The van der Waals surface area contributed by atoms with Crippen molar-refractivity contribution in [2.75, 3.05) is 11.4 Å². The minimum Gasteiger partial charge on any atom is -0.341 e. The van der Waals surface area contributed by atoms with E-state index in [9.17, 15) is 0 Å². The van der Waals surface area contributed by atoms with Gasteiger partial charge in [0.2, 0.25) is 0 Å². The van der Waals surface area contributed by atoms with Crippen molar-refractivity contribution >= 4 is 26.7 Å². The van der Waals surface area contributed by atoms with Gasteiger partial charge in [0, 0.05) is 18.9 Å². The first-order valence-corrected chi connectivity index (χ1v) is 9.83. The summed E-state index contributed by atoms with van der Waals surface area (Å²) in [4.78, 5) is 11.5. The molecule has 0 saturated carbocycles. The van der Waals surface area contributed by atoms with Crippen LogP contribution in [0.3, 0.4) is 0 Å². The van der Waals surface area contributed by atoms with E-state index < -0.39 is 0 Å². The van der Waals surface area contributed by atoms with Gasteiger partial charge in [-0.15, -0.1) is 0 Å². The van der Waals surface area contributed by atoms with Gasteiger partial charge in [-0.1, -0.05) is 47.7 Å². The second-order valence-corrected chi connectivity index (χ2v) is 7.69. The molecule has 128 valence electrons. The minimum atomic E-state index is 0.441. The molecule has 4 heteroatoms. The zero-order chi connectivity index (χ0) is 17.3. The summed E-state index contributed by atoms with van der Waals surface area (Å²) in [6, 6.07) is 21.9. The van der Waals surface area contributed by atoms with E-state index in [1.54, 1.807) is 11.3 Å². The summed E-state index contributed by atoms with van der Waals surface area (Å²) < 4.78 is 1.24. The number of hydrogen-bond acceptors (Lipinski definition) is 4. The Morgan fingerprint density at radius 3 is 2.62 bits per heavy atom. The molecule has 4 aromatic rings. The van der Waals surface area contributed by atoms with Crippen LogP contribution in [0.1, 0.15) is 24.4 Å². The van der Waals surface area contributed by atoms with Crippen molar-refractivity contribution in [1.29, 1.82) is 0 Å². The van der Waals surface area contributed by atoms with Gasteiger partial charge in [0.15, 0.2) is 5.13 Å². The van der Waals surface area contributed by atoms with E-state index in [0.29, 0.717) is 6.04 Å². The Morgan fingerprint density at radius 1 is 0.923 bits per heavy atom. The van der Waals surface area contributed by atoms with Crippen LogP contribution in [-0.4, -0.2) is 16.5 Å². The lowest BCUT2D eigenvalue weighted by molar-refractivity contribution is 0.718. The zero-order valence-corrected chi connectivity index (χ0v) is 15.2. The topological polar surface area (TPSA) is 29.0 Å². The van der Waals surface area contributed by atoms with Gasteiger partial charge >= 0.3 is 0 Å². The lowest BCUT2D eigenvalue weighted by atomic mass is 10.1. The Morgan fingerprint density at radius 2 is 1.77 bits per heavy atom. The molecule has 0 spiro atoms. The second kappa shape index (κ2) is 6.54. The number of benzene rings is 2. The van der Waals surface area contributed by atoms with E-state index in [4.69, 9.17) is 4.98 Å². The first-order valence-electron chi connectivity index (χ1n) is 9.01. The Kier molecular flexibility index (Phi) is 3.91. The smallest absolute Gasteiger partial charge is 0.186 e. The third-order valence-electron chi connectivity index (χ3n) is 5.07. The summed E-state index contributed by atoms with van der Waals surface area (Å²) in [5.74, 6) is 0. The highest BCUT2D eigenvalue weighted by molar-refractivity contribution is 7.22. The maximum Gasteiger partial charge on any atom is 0.186 e. The molecule has 1 saturated heterocycles. The third kappa shape index (κ3) is 2.76. The van der Waals surface area contributed by atoms with E-state index in [2.05, 4.69) is 70.5 Å². The summed E-state index contributed by atoms with van der Waals surface area (Å²) in [5, 5.41) is 1.14. The van der Waals surface area contributed by atoms with Crippen molar-refractivity contribution in [2.45, 2.75) is 18.9 Å². The van der Waals surface area contributed by atoms with Gasteiger partial charge in [-0.25, -0.2) is 4.98 Å². The standard InChI is InChI=1S/C22H19N3S/c1-2-5-17(6-3-1)20-7-4-14-25(20)22-24-19-9-8-18(15-21(19)26-22)16-10-12-23-13-11-16/h1-3,5-6,8-13,15,20H,4,7,14H2. The van der Waals surface area contributed by atoms with Crippen LogP contribution in [0.15, 0.2) is 73.1 Å². The molecule has 1 aliphatic rings. The van der Waals surface area contributed by atoms with Crippen LogP contribution in [0.25, 0.3) is 21.3 Å². The van der Waals surface area contributed by atoms with Crippen molar-refractivity contribution in [2.24, 2.45) is 0 Å². The molecule has 1 unspecified atom stereocenters. The van der Waals surface area contributed by atoms with Crippen LogP contribution in [-0.2, 0) is 0 Å². The van der Waals surface area contributed by atoms with Crippen LogP contribution in [0, 0.1) is 0 Å². The van der Waals surface area contributed by atoms with E-state index in [1.165, 1.54) is 34.2 Å². The van der Waals surface area contributed by atoms with Gasteiger partial charge in [0.25, 0.3) is 0 Å². The summed E-state index contributed by atoms with van der Waals surface area (Å²) in [6.07, 6.45) is 6.10. The largest absolute Gasteiger partial charge is 0.341 e. The first-order chi connectivity index (χ1) is 12.9. The summed E-state index contributed by atoms with van der Waals surface area (Å²) in [7, 11) is 0. The van der Waals surface area contributed by atoms with E-state index >= 15 is 0 Å². The molecule has 5 rings (SSSR count). The van der Waals surface area contributed by atoms with Gasteiger partial charge in [0.05, 0.1) is 16.3 Å². The number of hydrogen-bond donors (Lipinski definition) is 0. The molecule has 26 heavy (non-hydrogen) atoms. The van der Waals surface area contributed by atoms with Crippen LogP contribution in [0.5, 0.6) is 0 Å². The number of thiazole rings is 1. The Hall–Kier alpha value is -2.72. The van der Waals surface area contributed by atoms with Crippen molar-refractivity contribution in [3.8, 4) is 11.1 Å². The molecule has 1 fully saturated rings. The highest BCUT2D eigenvalue weighted by Crippen LogP contribution is 2.40. The molecule has 3 heterocycles. The molecular weight excluding hydrogens is 338 g/mol. The number of rotatable bonds is 3. The number of fused-ring (bicyclic) bond motifs is 1. The van der Waals surface area contributed by atoms with Crippen LogP contribution in [0.2, 0.25) is 0 Å². The van der Waals surface area contributed by atoms with E-state index in [0.717, 1.165) is 17.2 Å². The molecule has 0 bridgehead atoms. The Balaban J connectivity index is 1.51. The average molecular weight is 357 g/mol. The lowest BCUT2D eigenvalue weighted by Crippen LogP contribution is -2.22. The molecule has 0 radical (unpaired) electrons. The Bertz CT molecular complexity index is 1030. The molecule has 0 aliphatic carbocycles. The van der Waals surface area contributed by atoms with Crippen molar-refractivity contribution in [3.05, 3.63) is 78.6 Å². The highest BCUT2D eigenvalue weighted by Gasteiger charge is 2.28. The maximum atomic E-state index is 4.94. The monoisotopic (exact) mass is 357 g/mol. The van der Waals surface area contributed by atoms with Gasteiger partial charge < -0.3 is 4.90 Å². The quantitative estimate of drug-likeness (QED) is 0.471. The molecule has 1 atom stereocenters. The second-order valence-electron chi connectivity index (χ2n) is 6.68. The van der Waals surface area contributed by atoms with Crippen LogP contribution < -0.4 is 4.90 Å². The Labute approximate surface area is 157 Å². The molecule has 1 aliphatic heterocycles. The minimum absolute atomic E-state index is 0.441. The fourth-order valence-electron chi connectivity index (χ4n) is 3.78. The zero-order valence-electron chi connectivity index (χ0n) is 14.4. The van der Waals surface area contributed by atoms with E-state index in [-0.39, 0.29) is 0 Å². The summed E-state index contributed by atoms with van der Waals surface area (Å²) >= 11 is 1.80. The highest BCUT2D eigenvalue weighted by atomic mass is 32.1. The molecule has 0 amide bonds. The fraction of sp³-hybridized carbons (Fsp3) is 0.182. The predicted molar refractivity (Wildman–Crippen MR) is 109 cm³/mol. The lowest BCUT2D eigenvalue weighted by Gasteiger charge is -2.24. The van der Waals surface area contributed by atoms with Crippen LogP contribution >= 0.6 is 11.3 Å². The number of pyridine rings is 1. The van der Waals surface area contributed by atoms with Crippen LogP contribution in [0.4, 0.5) is 5.13 Å². The number of nitrogens with zero attached hydrogens (tertiary/aromatic N) is 3. The van der Waals surface area contributed by atoms with Gasteiger partial charge in [-0.05, 0) is 53.8 Å². The average Bonchev–Trinajstić information content (AvgIpc) is 3.35. The molecule has 0 N–H and O–H groups in total. The molecule has 3 nitrogen and oxygen atoms in total. The summed E-state index contributed by atoms with van der Waals surface area (Å²) in [5.41, 5.74) is 4.89.